The predicted octanol–water partition coefficient (Wildman–Crippen LogP) is 6.63. The van der Waals surface area contributed by atoms with Gasteiger partial charge < -0.3 is 20.1 Å². The minimum absolute atomic E-state index is 0.191. The van der Waals surface area contributed by atoms with E-state index in [1.807, 2.05) is 57.2 Å². The highest BCUT2D eigenvalue weighted by Crippen LogP contribution is 2.49. The maximum Gasteiger partial charge on any atom is 0.326 e. The van der Waals surface area contributed by atoms with Crippen LogP contribution < -0.4 is 10.1 Å². The van der Waals surface area contributed by atoms with Gasteiger partial charge in [-0.05, 0) is 36.0 Å². The largest absolute Gasteiger partial charge is 0.481 e. The molecule has 4 atom stereocenters. The molecule has 7 nitrogen and oxygen atoms in total. The van der Waals surface area contributed by atoms with Crippen molar-refractivity contribution < 1.29 is 23.8 Å². The molecule has 1 amide bonds. The molecule has 3 aromatic rings. The summed E-state index contributed by atoms with van der Waals surface area (Å²) in [5, 5.41) is 14.3. The minimum Gasteiger partial charge on any atom is -0.481 e. The molecule has 1 saturated carbocycles. The third kappa shape index (κ3) is 6.30. The summed E-state index contributed by atoms with van der Waals surface area (Å²) in [7, 11) is 1.56. The molecule has 1 aromatic heterocycles. The molecule has 2 fully saturated rings. The summed E-state index contributed by atoms with van der Waals surface area (Å²) in [4.78, 5) is 33.4. The van der Waals surface area contributed by atoms with Gasteiger partial charge in [0.25, 0.3) is 0 Å². The van der Waals surface area contributed by atoms with Gasteiger partial charge in [0.2, 0.25) is 11.8 Å². The van der Waals surface area contributed by atoms with Gasteiger partial charge in [-0.25, -0.2) is 14.2 Å². The molecule has 1 saturated heterocycles. The molecule has 0 unspecified atom stereocenters. The van der Waals surface area contributed by atoms with Gasteiger partial charge in [0.15, 0.2) is 0 Å². The minimum atomic E-state index is -1.12. The van der Waals surface area contributed by atoms with E-state index in [0.29, 0.717) is 11.4 Å². The molecular formula is C35H42FN3O4. The number of nitrogens with zero attached hydrogens (tertiary/aromatic N) is 2. The van der Waals surface area contributed by atoms with Crippen LogP contribution in [0.4, 0.5) is 4.39 Å². The molecule has 2 heterocycles. The molecule has 5 rings (SSSR count). The standard InChI is InChI=1S/C35H42FN3O4/c1-35(2,3)28-29(37-21-25-19-24(20-38-32(25)43-4)22-13-7-5-8-14-22)30(26-17-11-12-18-27(26)36)39(31(28)34(41)42)33(40)23-15-9-6-10-16-23/h5,7-8,11-14,17-20,23,28-31,37H,6,9-10,15-16,21H2,1-4H3,(H,41,42)/t28-,29-,30-,31-/m0/s1. The molecule has 1 aliphatic carbocycles. The summed E-state index contributed by atoms with van der Waals surface area (Å²) in [5.74, 6) is -2.05. The van der Waals surface area contributed by atoms with E-state index in [9.17, 15) is 14.7 Å². The van der Waals surface area contributed by atoms with Crippen molar-refractivity contribution in [1.29, 1.82) is 0 Å². The molecular weight excluding hydrogens is 545 g/mol. The van der Waals surface area contributed by atoms with Crippen molar-refractivity contribution in [2.24, 2.45) is 17.3 Å². The Morgan fingerprint density at radius 3 is 2.33 bits per heavy atom. The normalized spacial score (nSPS) is 22.9. The summed E-state index contributed by atoms with van der Waals surface area (Å²) in [5.41, 5.74) is 2.50. The van der Waals surface area contributed by atoms with E-state index in [-0.39, 0.29) is 18.4 Å². The number of carboxylic acid groups (broad SMARTS) is 1. The number of aliphatic carboxylic acids is 1. The number of hydrogen-bond acceptors (Lipinski definition) is 5. The van der Waals surface area contributed by atoms with E-state index in [2.05, 4.69) is 10.3 Å². The lowest BCUT2D eigenvalue weighted by Crippen LogP contribution is -2.49. The maximum absolute atomic E-state index is 15.6. The van der Waals surface area contributed by atoms with Crippen LogP contribution in [-0.2, 0) is 16.1 Å². The number of likely N-dealkylation sites (tertiary alicyclic amines) is 1. The number of benzene rings is 2. The lowest BCUT2D eigenvalue weighted by atomic mass is 9.72. The van der Waals surface area contributed by atoms with E-state index in [1.165, 1.54) is 11.0 Å². The topological polar surface area (TPSA) is 91.8 Å². The van der Waals surface area contributed by atoms with Crippen molar-refractivity contribution >= 4 is 11.9 Å². The lowest BCUT2D eigenvalue weighted by Gasteiger charge is -2.36. The number of halogens is 1. The fourth-order valence-electron chi connectivity index (χ4n) is 7.15. The van der Waals surface area contributed by atoms with Crippen LogP contribution in [0, 0.1) is 23.1 Å². The second-order valence-corrected chi connectivity index (χ2v) is 12.9. The fourth-order valence-corrected chi connectivity index (χ4v) is 7.15. The molecule has 43 heavy (non-hydrogen) atoms. The fraction of sp³-hybridized carbons (Fsp3) is 0.457. The maximum atomic E-state index is 15.6. The summed E-state index contributed by atoms with van der Waals surface area (Å²) in [6.07, 6.45) is 6.13. The number of carbonyl (C=O) groups excluding carboxylic acids is 1. The zero-order chi connectivity index (χ0) is 30.7. The highest BCUT2D eigenvalue weighted by molar-refractivity contribution is 5.87. The molecule has 2 aromatic carbocycles. The van der Waals surface area contributed by atoms with Gasteiger partial charge in [0.05, 0.1) is 13.2 Å². The van der Waals surface area contributed by atoms with Crippen LogP contribution in [0.15, 0.2) is 66.9 Å². The van der Waals surface area contributed by atoms with Gasteiger partial charge in [-0.3, -0.25) is 4.79 Å². The summed E-state index contributed by atoms with van der Waals surface area (Å²) < 4.78 is 21.2. The van der Waals surface area contributed by atoms with Crippen LogP contribution >= 0.6 is 0 Å². The molecule has 228 valence electrons. The van der Waals surface area contributed by atoms with E-state index in [0.717, 1.165) is 48.8 Å². The number of rotatable bonds is 8. The van der Waals surface area contributed by atoms with Crippen LogP contribution in [0.5, 0.6) is 5.88 Å². The number of amides is 1. The highest BCUT2D eigenvalue weighted by Gasteiger charge is 2.58. The molecule has 1 aliphatic heterocycles. The van der Waals surface area contributed by atoms with Gasteiger partial charge in [0.1, 0.15) is 11.9 Å². The average Bonchev–Trinajstić information content (AvgIpc) is 3.36. The Hall–Kier alpha value is -3.78. The van der Waals surface area contributed by atoms with Crippen molar-refractivity contribution in [3.8, 4) is 17.0 Å². The van der Waals surface area contributed by atoms with Gasteiger partial charge in [-0.2, -0.15) is 0 Å². The lowest BCUT2D eigenvalue weighted by molar-refractivity contribution is -0.154. The van der Waals surface area contributed by atoms with E-state index >= 15 is 4.39 Å². The average molecular weight is 588 g/mol. The summed E-state index contributed by atoms with van der Waals surface area (Å²) >= 11 is 0. The quantitative estimate of drug-likeness (QED) is 0.307. The number of pyridine rings is 1. The monoisotopic (exact) mass is 587 g/mol. The number of aromatic nitrogens is 1. The molecule has 0 bridgehead atoms. The molecule has 2 aliphatic rings. The highest BCUT2D eigenvalue weighted by atomic mass is 19.1. The summed E-state index contributed by atoms with van der Waals surface area (Å²) in [6, 6.07) is 15.8. The molecule has 2 N–H and O–H groups in total. The Balaban J connectivity index is 1.60. The van der Waals surface area contributed by atoms with Gasteiger partial charge >= 0.3 is 5.97 Å². The second-order valence-electron chi connectivity index (χ2n) is 12.9. The zero-order valence-corrected chi connectivity index (χ0v) is 25.4. The van der Waals surface area contributed by atoms with Crippen LogP contribution in [0.25, 0.3) is 11.1 Å². The molecule has 0 spiro atoms. The van der Waals surface area contributed by atoms with E-state index < -0.39 is 41.2 Å². The van der Waals surface area contributed by atoms with Crippen LogP contribution in [0.2, 0.25) is 0 Å². The number of ether oxygens (including phenoxy) is 1. The van der Waals surface area contributed by atoms with Crippen LogP contribution in [0.1, 0.15) is 70.0 Å². The number of carbonyl (C=O) groups is 2. The van der Waals surface area contributed by atoms with Crippen molar-refractivity contribution in [2.45, 2.75) is 77.5 Å². The third-order valence-electron chi connectivity index (χ3n) is 9.11. The van der Waals surface area contributed by atoms with E-state index in [4.69, 9.17) is 4.74 Å². The Bertz CT molecular complexity index is 1430. The van der Waals surface area contributed by atoms with Crippen LogP contribution in [0.3, 0.4) is 0 Å². The van der Waals surface area contributed by atoms with Crippen molar-refractivity contribution in [3.63, 3.8) is 0 Å². The van der Waals surface area contributed by atoms with Gasteiger partial charge in [-0.15, -0.1) is 0 Å². The number of hydrogen-bond donors (Lipinski definition) is 2. The predicted molar refractivity (Wildman–Crippen MR) is 164 cm³/mol. The Morgan fingerprint density at radius 2 is 1.70 bits per heavy atom. The SMILES string of the molecule is COc1ncc(-c2ccccc2)cc1CN[C@H]1[C@H](C(C)(C)C)[C@@H](C(=O)O)N(C(=O)C2CCCCC2)[C@H]1c1ccccc1F. The molecule has 8 heteroatoms. The number of carboxylic acids is 1. The zero-order valence-electron chi connectivity index (χ0n) is 25.4. The van der Waals surface area contributed by atoms with Crippen molar-refractivity contribution in [2.75, 3.05) is 7.11 Å². The first-order valence-electron chi connectivity index (χ1n) is 15.2. The Kier molecular flexibility index (Phi) is 9.16. The van der Waals surface area contributed by atoms with Crippen molar-refractivity contribution in [1.82, 2.24) is 15.2 Å². The Labute approximate surface area is 253 Å². The number of methoxy groups -OCH3 is 1. The van der Waals surface area contributed by atoms with Crippen molar-refractivity contribution in [3.05, 3.63) is 83.8 Å². The number of nitrogens with one attached hydrogen (secondary N) is 1. The first-order valence-corrected chi connectivity index (χ1v) is 15.2. The van der Waals surface area contributed by atoms with Gasteiger partial charge in [-0.1, -0.05) is 88.6 Å². The van der Waals surface area contributed by atoms with E-state index in [1.54, 1.807) is 31.5 Å². The third-order valence-corrected chi connectivity index (χ3v) is 9.11. The first-order chi connectivity index (χ1) is 20.6. The van der Waals surface area contributed by atoms with Gasteiger partial charge in [0, 0.05) is 47.3 Å². The first kappa shape index (κ1) is 30.7. The molecule has 0 radical (unpaired) electrons. The smallest absolute Gasteiger partial charge is 0.326 e. The second kappa shape index (κ2) is 12.8. The van der Waals surface area contributed by atoms with Crippen LogP contribution in [-0.4, -0.2) is 46.1 Å². The Morgan fingerprint density at radius 1 is 1.02 bits per heavy atom. The summed E-state index contributed by atoms with van der Waals surface area (Å²) in [6.45, 7) is 6.27.